The minimum Gasteiger partial charge on any atom is -0.497 e. The number of methoxy groups -OCH3 is 1. The zero-order valence-corrected chi connectivity index (χ0v) is 15.6. The molecule has 0 fully saturated rings. The van der Waals surface area contributed by atoms with Crippen LogP contribution in [0.2, 0.25) is 0 Å². The van der Waals surface area contributed by atoms with Crippen LogP contribution in [0.1, 0.15) is 17.3 Å². The van der Waals surface area contributed by atoms with Crippen LogP contribution in [0.5, 0.6) is 5.75 Å². The van der Waals surface area contributed by atoms with Crippen molar-refractivity contribution >= 4 is 21.5 Å². The van der Waals surface area contributed by atoms with E-state index in [4.69, 9.17) is 9.47 Å². The highest BCUT2D eigenvalue weighted by molar-refractivity contribution is 7.95. The van der Waals surface area contributed by atoms with Gasteiger partial charge in [-0.3, -0.25) is 0 Å². The Morgan fingerprint density at radius 3 is 2.30 bits per heavy atom. The molecule has 0 unspecified atom stereocenters. The highest BCUT2D eigenvalue weighted by atomic mass is 32.2. The Morgan fingerprint density at radius 1 is 1.15 bits per heavy atom. The fourth-order valence-electron chi connectivity index (χ4n) is 2.12. The number of allylic oxidation sites excluding steroid dienone is 1. The van der Waals surface area contributed by atoms with Gasteiger partial charge in [0.1, 0.15) is 11.8 Å². The molecule has 0 amide bonds. The maximum absolute atomic E-state index is 12.6. The molecule has 1 N–H and O–H groups in total. The van der Waals surface area contributed by atoms with Crippen molar-refractivity contribution in [2.45, 2.75) is 11.8 Å². The third-order valence-electron chi connectivity index (χ3n) is 3.54. The second kappa shape index (κ2) is 8.87. The van der Waals surface area contributed by atoms with Crippen molar-refractivity contribution < 1.29 is 22.7 Å². The Kier molecular flexibility index (Phi) is 6.57. The summed E-state index contributed by atoms with van der Waals surface area (Å²) in [6.45, 7) is 1.99. The summed E-state index contributed by atoms with van der Waals surface area (Å²) in [5, 5.41) is 12.0. The standard InChI is InChI=1S/C19H18N2O5S/c1-3-26-19(22)14-4-6-15(7-5-14)21-13-18(12-20)27(23,24)17-10-8-16(25-2)9-11-17/h4-11,13,21H,3H2,1-2H3/b18-13+. The Balaban J connectivity index is 2.20. The number of hydrogen-bond donors (Lipinski definition) is 1. The quantitative estimate of drug-likeness (QED) is 0.575. The van der Waals surface area contributed by atoms with Gasteiger partial charge in [-0.15, -0.1) is 0 Å². The number of carbonyl (C=O) groups is 1. The van der Waals surface area contributed by atoms with E-state index in [9.17, 15) is 18.5 Å². The summed E-state index contributed by atoms with van der Waals surface area (Å²) in [6, 6.07) is 13.7. The third-order valence-corrected chi connectivity index (χ3v) is 5.22. The van der Waals surface area contributed by atoms with Crippen LogP contribution in [0.25, 0.3) is 0 Å². The predicted octanol–water partition coefficient (Wildman–Crippen LogP) is 3.12. The van der Waals surface area contributed by atoms with Crippen LogP contribution in [0, 0.1) is 11.3 Å². The Bertz CT molecular complexity index is 972. The molecule has 0 saturated carbocycles. The van der Waals surface area contributed by atoms with E-state index >= 15 is 0 Å². The first kappa shape index (κ1) is 20.0. The number of rotatable bonds is 7. The van der Waals surface area contributed by atoms with Gasteiger partial charge in [0.05, 0.1) is 24.2 Å². The normalized spacial score (nSPS) is 11.4. The molecule has 0 atom stereocenters. The smallest absolute Gasteiger partial charge is 0.338 e. The minimum atomic E-state index is -3.97. The maximum Gasteiger partial charge on any atom is 0.338 e. The van der Waals surface area contributed by atoms with Crippen LogP contribution in [-0.2, 0) is 14.6 Å². The molecule has 0 aromatic heterocycles. The van der Waals surface area contributed by atoms with Gasteiger partial charge in [0, 0.05) is 11.9 Å². The van der Waals surface area contributed by atoms with Gasteiger partial charge < -0.3 is 14.8 Å². The molecular formula is C19H18N2O5S. The summed E-state index contributed by atoms with van der Waals surface area (Å²) in [5.74, 6) is 0.0654. The summed E-state index contributed by atoms with van der Waals surface area (Å²) >= 11 is 0. The van der Waals surface area contributed by atoms with Crippen molar-refractivity contribution in [1.82, 2.24) is 0 Å². The SMILES string of the molecule is CCOC(=O)c1ccc(N/C=C(\C#N)S(=O)(=O)c2ccc(OC)cc2)cc1. The van der Waals surface area contributed by atoms with Crippen molar-refractivity contribution in [3.63, 3.8) is 0 Å². The number of hydrogen-bond acceptors (Lipinski definition) is 7. The molecule has 2 aromatic rings. The lowest BCUT2D eigenvalue weighted by molar-refractivity contribution is 0.0526. The lowest BCUT2D eigenvalue weighted by Gasteiger charge is -2.06. The van der Waals surface area contributed by atoms with Crippen molar-refractivity contribution in [3.8, 4) is 11.8 Å². The first-order valence-electron chi connectivity index (χ1n) is 7.95. The summed E-state index contributed by atoms with van der Waals surface area (Å²) in [6.07, 6.45) is 1.11. The molecule has 2 rings (SSSR count). The monoisotopic (exact) mass is 386 g/mol. The zero-order valence-electron chi connectivity index (χ0n) is 14.8. The predicted molar refractivity (Wildman–Crippen MR) is 99.9 cm³/mol. The van der Waals surface area contributed by atoms with Crippen LogP contribution in [0.3, 0.4) is 0 Å². The number of nitrogens with zero attached hydrogens (tertiary/aromatic N) is 1. The van der Waals surface area contributed by atoms with Crippen LogP contribution >= 0.6 is 0 Å². The first-order valence-corrected chi connectivity index (χ1v) is 9.43. The largest absolute Gasteiger partial charge is 0.497 e. The maximum atomic E-state index is 12.6. The first-order chi connectivity index (χ1) is 12.9. The molecule has 0 heterocycles. The van der Waals surface area contributed by atoms with Gasteiger partial charge in [0.15, 0.2) is 4.91 Å². The number of carbonyl (C=O) groups excluding carboxylic acids is 1. The van der Waals surface area contributed by atoms with Crippen molar-refractivity contribution in [1.29, 1.82) is 5.26 Å². The Hall–Kier alpha value is -3.31. The highest BCUT2D eigenvalue weighted by Crippen LogP contribution is 2.22. The van der Waals surface area contributed by atoms with Gasteiger partial charge in [0.2, 0.25) is 9.84 Å². The fourth-order valence-corrected chi connectivity index (χ4v) is 3.20. The summed E-state index contributed by atoms with van der Waals surface area (Å²) < 4.78 is 35.0. The molecule has 8 heteroatoms. The highest BCUT2D eigenvalue weighted by Gasteiger charge is 2.20. The molecule has 0 aliphatic carbocycles. The molecule has 0 spiro atoms. The molecule has 0 aliphatic rings. The average Bonchev–Trinajstić information content (AvgIpc) is 2.69. The lowest BCUT2D eigenvalue weighted by atomic mass is 10.2. The van der Waals surface area contributed by atoms with Gasteiger partial charge in [-0.25, -0.2) is 13.2 Å². The van der Waals surface area contributed by atoms with Crippen molar-refractivity contribution in [2.75, 3.05) is 19.0 Å². The summed E-state index contributed by atoms with van der Waals surface area (Å²) in [4.78, 5) is 11.2. The van der Waals surface area contributed by atoms with E-state index in [1.165, 1.54) is 43.5 Å². The van der Waals surface area contributed by atoms with Crippen LogP contribution < -0.4 is 10.1 Å². The Labute approximate surface area is 157 Å². The van der Waals surface area contributed by atoms with Gasteiger partial charge in [-0.1, -0.05) is 0 Å². The number of nitriles is 1. The van der Waals surface area contributed by atoms with E-state index in [1.807, 2.05) is 0 Å². The topological polar surface area (TPSA) is 105 Å². The second-order valence-corrected chi connectivity index (χ2v) is 7.16. The van der Waals surface area contributed by atoms with E-state index in [-0.39, 0.29) is 11.5 Å². The van der Waals surface area contributed by atoms with E-state index in [2.05, 4.69) is 5.32 Å². The van der Waals surface area contributed by atoms with Gasteiger partial charge in [-0.2, -0.15) is 5.26 Å². The molecule has 0 radical (unpaired) electrons. The molecule has 2 aromatic carbocycles. The van der Waals surface area contributed by atoms with Crippen molar-refractivity contribution in [2.24, 2.45) is 0 Å². The molecule has 7 nitrogen and oxygen atoms in total. The fraction of sp³-hybridized carbons (Fsp3) is 0.158. The van der Waals surface area contributed by atoms with E-state index in [0.29, 0.717) is 17.0 Å². The minimum absolute atomic E-state index is 0.0180. The molecule has 27 heavy (non-hydrogen) atoms. The number of sulfone groups is 1. The van der Waals surface area contributed by atoms with Gasteiger partial charge in [-0.05, 0) is 55.5 Å². The number of nitrogens with one attached hydrogen (secondary N) is 1. The molecular weight excluding hydrogens is 368 g/mol. The van der Waals surface area contributed by atoms with E-state index in [0.717, 1.165) is 6.20 Å². The molecule has 140 valence electrons. The lowest BCUT2D eigenvalue weighted by Crippen LogP contribution is -2.06. The van der Waals surface area contributed by atoms with Crippen LogP contribution in [0.4, 0.5) is 5.69 Å². The molecule has 0 saturated heterocycles. The van der Waals surface area contributed by atoms with E-state index < -0.39 is 20.7 Å². The van der Waals surface area contributed by atoms with Crippen molar-refractivity contribution in [3.05, 3.63) is 65.2 Å². The third kappa shape index (κ3) is 4.86. The number of esters is 1. The number of benzene rings is 2. The van der Waals surface area contributed by atoms with Crippen LogP contribution in [0.15, 0.2) is 64.5 Å². The van der Waals surface area contributed by atoms with E-state index in [1.54, 1.807) is 25.1 Å². The summed E-state index contributed by atoms with van der Waals surface area (Å²) in [7, 11) is -2.49. The number of anilines is 1. The van der Waals surface area contributed by atoms with Gasteiger partial charge in [0.25, 0.3) is 0 Å². The summed E-state index contributed by atoms with van der Waals surface area (Å²) in [5.41, 5.74) is 0.887. The Morgan fingerprint density at radius 2 is 1.78 bits per heavy atom. The molecule has 0 aliphatic heterocycles. The average molecular weight is 386 g/mol. The second-order valence-electron chi connectivity index (χ2n) is 5.24. The molecule has 0 bridgehead atoms. The number of ether oxygens (including phenoxy) is 2. The van der Waals surface area contributed by atoms with Crippen LogP contribution in [-0.4, -0.2) is 28.1 Å². The zero-order chi connectivity index (χ0) is 19.9. The van der Waals surface area contributed by atoms with Gasteiger partial charge >= 0.3 is 5.97 Å².